The van der Waals surface area contributed by atoms with E-state index in [4.69, 9.17) is 0 Å². The van der Waals surface area contributed by atoms with E-state index < -0.39 is 15.8 Å². The topological polar surface area (TPSA) is 0 Å². The molecular weight excluding hydrogens is 668 g/mol. The first-order valence-electron chi connectivity index (χ1n) is 12.1. The molecule has 0 aliphatic heterocycles. The van der Waals surface area contributed by atoms with E-state index in [1.807, 2.05) is 30.3 Å². The van der Waals surface area contributed by atoms with Crippen LogP contribution in [0.25, 0.3) is 0 Å². The van der Waals surface area contributed by atoms with E-state index in [1.165, 1.54) is 31.8 Å². The third-order valence-corrected chi connectivity index (χ3v) is 11.0. The zero-order valence-electron chi connectivity index (χ0n) is 21.1. The van der Waals surface area contributed by atoms with Crippen LogP contribution in [0.2, 0.25) is 0 Å². The molecule has 0 amide bonds. The van der Waals surface area contributed by atoms with Gasteiger partial charge < -0.3 is 30.3 Å². The SMILES string of the molecule is Cl.[Fe].[Pd].[cH-]1[cH-][cH-][cH-][cH-]1.c1ccc(P(c2ccccc2)c2cc[cH-]c2P(c2ccccc2)c2ccccc2)cc1. The predicted molar refractivity (Wildman–Crippen MR) is 169 cm³/mol. The van der Waals surface area contributed by atoms with Crippen LogP contribution in [0.15, 0.2) is 170 Å². The van der Waals surface area contributed by atoms with Crippen LogP contribution in [0.5, 0.6) is 0 Å². The van der Waals surface area contributed by atoms with Gasteiger partial charge in [-0.3, -0.25) is 0 Å². The molecule has 0 spiro atoms. The maximum Gasteiger partial charge on any atom is 0 e. The molecule has 0 radical (unpaired) electrons. The van der Waals surface area contributed by atoms with Crippen LogP contribution in [0.3, 0.4) is 0 Å². The van der Waals surface area contributed by atoms with Crippen LogP contribution in [-0.2, 0) is 37.5 Å². The van der Waals surface area contributed by atoms with Crippen molar-refractivity contribution in [2.75, 3.05) is 0 Å². The van der Waals surface area contributed by atoms with Crippen molar-refractivity contribution in [1.29, 1.82) is 0 Å². The van der Waals surface area contributed by atoms with E-state index in [2.05, 4.69) is 140 Å². The third-order valence-electron chi connectivity index (χ3n) is 5.87. The quantitative estimate of drug-likeness (QED) is 0.103. The Balaban J connectivity index is 0.000000603. The van der Waals surface area contributed by atoms with Crippen molar-refractivity contribution in [2.24, 2.45) is 0 Å². The normalized spacial score (nSPS) is 9.90. The molecule has 0 aliphatic rings. The second-order valence-electron chi connectivity index (χ2n) is 8.27. The van der Waals surface area contributed by atoms with E-state index in [-0.39, 0.29) is 49.9 Å². The molecule has 0 nitrogen and oxygen atoms in total. The van der Waals surface area contributed by atoms with Gasteiger partial charge in [-0.1, -0.05) is 129 Å². The average Bonchev–Trinajstić information content (AvgIpc) is 3.68. The summed E-state index contributed by atoms with van der Waals surface area (Å²) in [4.78, 5) is 0. The van der Waals surface area contributed by atoms with Gasteiger partial charge in [0.05, 0.1) is 0 Å². The van der Waals surface area contributed by atoms with Crippen molar-refractivity contribution in [1.82, 2.24) is 0 Å². The summed E-state index contributed by atoms with van der Waals surface area (Å²) in [6, 6.07) is 60.9. The Morgan fingerprint density at radius 3 is 1.05 bits per heavy atom. The molecule has 0 unspecified atom stereocenters. The van der Waals surface area contributed by atoms with Crippen LogP contribution in [0.4, 0.5) is 0 Å². The minimum absolute atomic E-state index is 0. The third kappa shape index (κ3) is 8.70. The standard InChI is InChI=1S/C29H23P2.C5H5.ClH.Fe.Pd/c1-5-14-24(15-6-1)30(25-16-7-2-8-17-25)28-22-13-23-29(28)31(26-18-9-3-10-19-26)27-20-11-4-12-21-27;1-2-4-5-3-1;;;/h1-23H;1-5H;1H;;/q-1;-5;;;. The summed E-state index contributed by atoms with van der Waals surface area (Å²) < 4.78 is 0. The van der Waals surface area contributed by atoms with Crippen LogP contribution in [-0.4, -0.2) is 0 Å². The Labute approximate surface area is 265 Å². The molecule has 0 fully saturated rings. The van der Waals surface area contributed by atoms with E-state index in [1.54, 1.807) is 0 Å². The fourth-order valence-corrected chi connectivity index (χ4v) is 9.53. The number of benzene rings is 4. The van der Waals surface area contributed by atoms with Crippen molar-refractivity contribution in [2.45, 2.75) is 0 Å². The van der Waals surface area contributed by atoms with Gasteiger partial charge in [-0.2, -0.15) is 17.4 Å². The van der Waals surface area contributed by atoms with Gasteiger partial charge in [-0.15, -0.1) is 17.7 Å². The summed E-state index contributed by atoms with van der Waals surface area (Å²) in [6.07, 6.45) is 0. The molecule has 0 saturated heterocycles. The maximum atomic E-state index is 2.35. The molecule has 0 heterocycles. The fourth-order valence-electron chi connectivity index (χ4n) is 4.26. The minimum atomic E-state index is -0.627. The second kappa shape index (κ2) is 17.6. The van der Waals surface area contributed by atoms with Gasteiger partial charge in [0, 0.05) is 37.5 Å². The van der Waals surface area contributed by atoms with Crippen molar-refractivity contribution >= 4 is 60.1 Å². The van der Waals surface area contributed by atoms with Gasteiger partial charge in [-0.05, 0) is 29.1 Å². The van der Waals surface area contributed by atoms with Crippen molar-refractivity contribution in [3.63, 3.8) is 0 Å². The zero-order chi connectivity index (χ0) is 24.4. The molecule has 206 valence electrons. The molecule has 5 heteroatoms. The number of hydrogen-bond acceptors (Lipinski definition) is 0. The molecular formula is C34H29ClFeP2Pd-6. The minimum Gasteiger partial charge on any atom is -0.748 e. The second-order valence-corrected chi connectivity index (χ2v) is 12.6. The predicted octanol–water partition coefficient (Wildman–Crippen LogP) is 6.74. The maximum absolute atomic E-state index is 2.35. The molecule has 0 N–H and O–H groups in total. The van der Waals surface area contributed by atoms with Gasteiger partial charge in [0.1, 0.15) is 0 Å². The summed E-state index contributed by atoms with van der Waals surface area (Å²) in [5.74, 6) is 0. The molecule has 0 atom stereocenters. The molecule has 39 heavy (non-hydrogen) atoms. The van der Waals surface area contributed by atoms with Crippen molar-refractivity contribution < 1.29 is 37.5 Å². The molecule has 0 aliphatic carbocycles. The monoisotopic (exact) mass is 696 g/mol. The summed E-state index contributed by atoms with van der Waals surface area (Å²) in [6.45, 7) is 0. The Bertz CT molecular complexity index is 1230. The van der Waals surface area contributed by atoms with E-state index in [0.29, 0.717) is 0 Å². The van der Waals surface area contributed by atoms with Gasteiger partial charge in [0.2, 0.25) is 0 Å². The van der Waals surface area contributed by atoms with Gasteiger partial charge in [0.15, 0.2) is 0 Å². The molecule has 0 bridgehead atoms. The molecule has 6 aromatic carbocycles. The first kappa shape index (κ1) is 33.1. The van der Waals surface area contributed by atoms with E-state index >= 15 is 0 Å². The van der Waals surface area contributed by atoms with Crippen molar-refractivity contribution in [3.05, 3.63) is 170 Å². The van der Waals surface area contributed by atoms with E-state index in [9.17, 15) is 0 Å². The average molecular weight is 697 g/mol. The van der Waals surface area contributed by atoms with E-state index in [0.717, 1.165) is 0 Å². The first-order valence-corrected chi connectivity index (χ1v) is 14.8. The first-order chi connectivity index (χ1) is 17.9. The Kier molecular flexibility index (Phi) is 14.9. The molecule has 0 saturated carbocycles. The Morgan fingerprint density at radius 2 is 0.718 bits per heavy atom. The number of halogens is 1. The number of hydrogen-bond donors (Lipinski definition) is 0. The number of rotatable bonds is 6. The van der Waals surface area contributed by atoms with Crippen LogP contribution in [0, 0.1) is 0 Å². The fraction of sp³-hybridized carbons (Fsp3) is 0. The smallest absolute Gasteiger partial charge is 0 e. The molecule has 0 aromatic heterocycles. The molecule has 6 rings (SSSR count). The Morgan fingerprint density at radius 1 is 0.410 bits per heavy atom. The van der Waals surface area contributed by atoms with Crippen molar-refractivity contribution in [3.8, 4) is 0 Å². The largest absolute Gasteiger partial charge is 0.748 e. The van der Waals surface area contributed by atoms with Gasteiger partial charge in [0.25, 0.3) is 0 Å². The van der Waals surface area contributed by atoms with Crippen LogP contribution in [0.1, 0.15) is 0 Å². The summed E-state index contributed by atoms with van der Waals surface area (Å²) in [5, 5.41) is 8.51. The zero-order valence-corrected chi connectivity index (χ0v) is 26.4. The summed E-state index contributed by atoms with van der Waals surface area (Å²) in [5.41, 5.74) is 0. The van der Waals surface area contributed by atoms with Crippen LogP contribution >= 0.6 is 28.3 Å². The Hall–Kier alpha value is -2.09. The summed E-state index contributed by atoms with van der Waals surface area (Å²) in [7, 11) is -1.25. The van der Waals surface area contributed by atoms with Crippen LogP contribution < -0.4 is 31.8 Å². The summed E-state index contributed by atoms with van der Waals surface area (Å²) >= 11 is 0. The molecule has 6 aromatic rings. The van der Waals surface area contributed by atoms with Gasteiger partial charge in [-0.25, -0.2) is 6.07 Å². The van der Waals surface area contributed by atoms with Gasteiger partial charge >= 0.3 is 0 Å².